The molecular weight excluding hydrogens is 503 g/mol. The van der Waals surface area contributed by atoms with Gasteiger partial charge in [-0.3, -0.25) is 4.98 Å². The molecule has 7 rings (SSSR count). The number of ether oxygens (including phenoxy) is 2. The Bertz CT molecular complexity index is 1270. The summed E-state index contributed by atoms with van der Waals surface area (Å²) in [5.41, 5.74) is 2.90. The number of aromatic carboxylic acids is 1. The Labute approximate surface area is 218 Å². The zero-order valence-electron chi connectivity index (χ0n) is 19.6. The van der Waals surface area contributed by atoms with Crippen LogP contribution in [-0.4, -0.2) is 34.4 Å². The highest BCUT2D eigenvalue weighted by Crippen LogP contribution is 2.54. The number of rotatable bonds is 8. The summed E-state index contributed by atoms with van der Waals surface area (Å²) in [5, 5.41) is 14.6. The molecular formula is C27H26Cl2N2O5. The number of benzene rings is 1. The van der Waals surface area contributed by atoms with Crippen molar-refractivity contribution in [2.75, 3.05) is 13.2 Å². The lowest BCUT2D eigenvalue weighted by atomic mass is 9.64. The predicted octanol–water partition coefficient (Wildman–Crippen LogP) is 6.62. The fraction of sp³-hybridized carbons (Fsp3) is 0.444. The standard InChI is InChI=1S/C27H26Cl2N2O5/c28-20-11-30-12-21(29)22(20)23-19(24(36-31-23)16-4-5-16)13-34-14-26-6-8-27(9-7-26,35-15-26)18-3-1-2-17(10-18)25(32)33/h1-3,10-12,16H,4-9,13-15H2,(H,32,33). The van der Waals surface area contributed by atoms with Gasteiger partial charge < -0.3 is 19.1 Å². The van der Waals surface area contributed by atoms with Crippen molar-refractivity contribution in [3.63, 3.8) is 0 Å². The first-order chi connectivity index (χ1) is 17.4. The Kier molecular flexibility index (Phi) is 6.07. The number of hydrogen-bond acceptors (Lipinski definition) is 6. The summed E-state index contributed by atoms with van der Waals surface area (Å²) in [4.78, 5) is 15.5. The summed E-state index contributed by atoms with van der Waals surface area (Å²) < 4.78 is 18.5. The summed E-state index contributed by atoms with van der Waals surface area (Å²) in [5.74, 6) is 0.292. The van der Waals surface area contributed by atoms with Crippen molar-refractivity contribution in [2.45, 2.75) is 56.7 Å². The molecule has 0 amide bonds. The minimum atomic E-state index is -0.921. The van der Waals surface area contributed by atoms with Crippen LogP contribution in [0.4, 0.5) is 0 Å². The van der Waals surface area contributed by atoms with Gasteiger partial charge in [0.15, 0.2) is 0 Å². The molecule has 4 aliphatic rings. The molecule has 2 aromatic heterocycles. The van der Waals surface area contributed by atoms with Gasteiger partial charge in [-0.15, -0.1) is 0 Å². The number of pyridine rings is 1. The Morgan fingerprint density at radius 1 is 1.14 bits per heavy atom. The third kappa shape index (κ3) is 4.22. The zero-order valence-corrected chi connectivity index (χ0v) is 21.1. The fourth-order valence-electron chi connectivity index (χ4n) is 5.59. The van der Waals surface area contributed by atoms with E-state index in [0.717, 1.165) is 55.4 Å². The van der Waals surface area contributed by atoms with Crippen LogP contribution < -0.4 is 0 Å². The van der Waals surface area contributed by atoms with Crippen LogP contribution in [0, 0.1) is 5.41 Å². The number of carboxylic acids is 1. The summed E-state index contributed by atoms with van der Waals surface area (Å²) in [7, 11) is 0. The Morgan fingerprint density at radius 2 is 1.89 bits per heavy atom. The predicted molar refractivity (Wildman–Crippen MR) is 133 cm³/mol. The molecule has 0 unspecified atom stereocenters. The second-order valence-electron chi connectivity index (χ2n) is 10.3. The summed E-state index contributed by atoms with van der Waals surface area (Å²) in [6, 6.07) is 7.14. The molecule has 9 heteroatoms. The topological polar surface area (TPSA) is 94.7 Å². The smallest absolute Gasteiger partial charge is 0.335 e. The molecule has 188 valence electrons. The van der Waals surface area contributed by atoms with E-state index in [1.165, 1.54) is 0 Å². The van der Waals surface area contributed by atoms with Gasteiger partial charge >= 0.3 is 5.97 Å². The molecule has 3 aromatic rings. The second kappa shape index (κ2) is 9.14. The van der Waals surface area contributed by atoms with Crippen LogP contribution in [0.1, 0.15) is 71.7 Å². The highest BCUT2D eigenvalue weighted by atomic mass is 35.5. The van der Waals surface area contributed by atoms with E-state index < -0.39 is 11.6 Å². The van der Waals surface area contributed by atoms with Crippen molar-refractivity contribution >= 4 is 29.2 Å². The average Bonchev–Trinajstić information content (AvgIpc) is 3.66. The number of fused-ring (bicyclic) bond motifs is 3. The lowest BCUT2D eigenvalue weighted by Gasteiger charge is -2.53. The molecule has 0 atom stereocenters. The molecule has 2 saturated heterocycles. The highest BCUT2D eigenvalue weighted by Gasteiger charge is 2.51. The third-order valence-electron chi connectivity index (χ3n) is 7.92. The second-order valence-corrected chi connectivity index (χ2v) is 11.1. The van der Waals surface area contributed by atoms with E-state index in [1.807, 2.05) is 6.07 Å². The van der Waals surface area contributed by atoms with Crippen LogP contribution in [0.3, 0.4) is 0 Å². The first-order valence-electron chi connectivity index (χ1n) is 12.2. The Balaban J connectivity index is 1.16. The minimum absolute atomic E-state index is 0.0603. The van der Waals surface area contributed by atoms with Crippen molar-refractivity contribution in [1.29, 1.82) is 0 Å². The summed E-state index contributed by atoms with van der Waals surface area (Å²) >= 11 is 12.8. The molecule has 2 bridgehead atoms. The van der Waals surface area contributed by atoms with Crippen LogP contribution >= 0.6 is 23.2 Å². The van der Waals surface area contributed by atoms with Crippen molar-refractivity contribution in [3.8, 4) is 11.3 Å². The molecule has 1 N–H and O–H groups in total. The van der Waals surface area contributed by atoms with Gasteiger partial charge in [0.05, 0.1) is 41.0 Å². The van der Waals surface area contributed by atoms with Crippen LogP contribution in [-0.2, 0) is 21.7 Å². The SMILES string of the molecule is O=C(O)c1cccc(C23CCC(COCc4c(-c5c(Cl)cncc5Cl)noc4C4CC4)(CC2)CO3)c1. The number of carboxylic acid groups (broad SMARTS) is 1. The van der Waals surface area contributed by atoms with Crippen molar-refractivity contribution in [1.82, 2.24) is 10.1 Å². The maximum atomic E-state index is 11.4. The maximum absolute atomic E-state index is 11.4. The quantitative estimate of drug-likeness (QED) is 0.350. The Hall–Kier alpha value is -2.45. The van der Waals surface area contributed by atoms with Crippen LogP contribution in [0.15, 0.2) is 41.2 Å². The molecule has 2 aliphatic carbocycles. The van der Waals surface area contributed by atoms with Gasteiger partial charge in [0, 0.05) is 34.9 Å². The largest absolute Gasteiger partial charge is 0.478 e. The van der Waals surface area contributed by atoms with Crippen molar-refractivity contribution < 1.29 is 23.9 Å². The van der Waals surface area contributed by atoms with Gasteiger partial charge in [-0.25, -0.2) is 4.79 Å². The number of aromatic nitrogens is 2. The minimum Gasteiger partial charge on any atom is -0.478 e. The molecule has 4 heterocycles. The average molecular weight is 529 g/mol. The van der Waals surface area contributed by atoms with E-state index >= 15 is 0 Å². The third-order valence-corrected chi connectivity index (χ3v) is 8.49. The molecule has 0 spiro atoms. The molecule has 2 aliphatic heterocycles. The normalized spacial score (nSPS) is 25.3. The Morgan fingerprint density at radius 3 is 2.53 bits per heavy atom. The maximum Gasteiger partial charge on any atom is 0.335 e. The van der Waals surface area contributed by atoms with E-state index in [0.29, 0.717) is 52.6 Å². The number of hydrogen-bond donors (Lipinski definition) is 1. The monoisotopic (exact) mass is 528 g/mol. The van der Waals surface area contributed by atoms with Crippen LogP contribution in [0.5, 0.6) is 0 Å². The van der Waals surface area contributed by atoms with E-state index in [4.69, 9.17) is 37.2 Å². The van der Waals surface area contributed by atoms with Gasteiger partial charge in [0.2, 0.25) is 0 Å². The van der Waals surface area contributed by atoms with E-state index in [-0.39, 0.29) is 5.41 Å². The molecule has 4 fully saturated rings. The van der Waals surface area contributed by atoms with E-state index in [2.05, 4.69) is 10.1 Å². The first kappa shape index (κ1) is 23.9. The van der Waals surface area contributed by atoms with Crippen molar-refractivity contribution in [2.24, 2.45) is 5.41 Å². The molecule has 2 saturated carbocycles. The summed E-state index contributed by atoms with van der Waals surface area (Å²) in [6.07, 6.45) is 8.84. The first-order valence-corrected chi connectivity index (χ1v) is 13.0. The molecule has 1 aromatic carbocycles. The molecule has 0 radical (unpaired) electrons. The zero-order chi connectivity index (χ0) is 24.9. The number of halogens is 2. The van der Waals surface area contributed by atoms with E-state index in [1.54, 1.807) is 30.6 Å². The van der Waals surface area contributed by atoms with Gasteiger partial charge in [0.1, 0.15) is 11.5 Å². The van der Waals surface area contributed by atoms with Crippen molar-refractivity contribution in [3.05, 3.63) is 69.2 Å². The molecule has 36 heavy (non-hydrogen) atoms. The lowest BCUT2D eigenvalue weighted by molar-refractivity contribution is -0.205. The van der Waals surface area contributed by atoms with Gasteiger partial charge in [-0.05, 0) is 56.2 Å². The lowest BCUT2D eigenvalue weighted by Crippen LogP contribution is -2.51. The van der Waals surface area contributed by atoms with Gasteiger partial charge in [-0.2, -0.15) is 0 Å². The highest BCUT2D eigenvalue weighted by molar-refractivity contribution is 6.38. The van der Waals surface area contributed by atoms with Gasteiger partial charge in [-0.1, -0.05) is 40.5 Å². The van der Waals surface area contributed by atoms with Crippen LogP contribution in [0.2, 0.25) is 10.0 Å². The van der Waals surface area contributed by atoms with E-state index in [9.17, 15) is 9.90 Å². The van der Waals surface area contributed by atoms with Crippen LogP contribution in [0.25, 0.3) is 11.3 Å². The fourth-order valence-corrected chi connectivity index (χ4v) is 6.13. The summed E-state index contributed by atoms with van der Waals surface area (Å²) in [6.45, 7) is 1.50. The van der Waals surface area contributed by atoms with Gasteiger partial charge in [0.25, 0.3) is 0 Å². The number of carbonyl (C=O) groups is 1. The number of nitrogens with zero attached hydrogens (tertiary/aromatic N) is 2. The molecule has 7 nitrogen and oxygen atoms in total.